The molecule has 1 amide bonds. The molecule has 0 atom stereocenters. The lowest BCUT2D eigenvalue weighted by Crippen LogP contribution is -2.48. The maximum atomic E-state index is 14.4. The van der Waals surface area contributed by atoms with E-state index in [2.05, 4.69) is 5.10 Å². The van der Waals surface area contributed by atoms with Crippen molar-refractivity contribution in [2.75, 3.05) is 51.6 Å². The minimum atomic E-state index is -4.67. The Balaban J connectivity index is 0.00000151. The van der Waals surface area contributed by atoms with Crippen molar-refractivity contribution in [3.63, 3.8) is 0 Å². The molecule has 2 aromatic carbocycles. The molecule has 1 aliphatic carbocycles. The third kappa shape index (κ3) is 9.43. The Morgan fingerprint density at radius 2 is 1.58 bits per heavy atom. The maximum absolute atomic E-state index is 14.4. The van der Waals surface area contributed by atoms with E-state index in [1.165, 1.54) is 34.2 Å². The van der Waals surface area contributed by atoms with Crippen LogP contribution in [0.5, 0.6) is 11.5 Å². The van der Waals surface area contributed by atoms with E-state index in [0.717, 1.165) is 30.9 Å². The molecular formula is C34H48F3N5O5S. The number of benzene rings is 2. The quantitative estimate of drug-likeness (QED) is 0.245. The first kappa shape index (κ1) is 38.7. The molecular weight excluding hydrogens is 647 g/mol. The van der Waals surface area contributed by atoms with Crippen LogP contribution in [0.4, 0.5) is 18.9 Å². The number of carbonyl (C=O) groups excluding carboxylic acids is 1. The average molecular weight is 696 g/mol. The van der Waals surface area contributed by atoms with Crippen LogP contribution in [0.1, 0.15) is 79.3 Å². The second-order valence-electron chi connectivity index (χ2n) is 11.2. The van der Waals surface area contributed by atoms with Crippen LogP contribution in [0.3, 0.4) is 0 Å². The van der Waals surface area contributed by atoms with Crippen molar-refractivity contribution in [3.8, 4) is 11.5 Å². The van der Waals surface area contributed by atoms with Gasteiger partial charge in [-0.05, 0) is 48.7 Å². The van der Waals surface area contributed by atoms with Gasteiger partial charge in [-0.1, -0.05) is 33.8 Å². The molecule has 10 nitrogen and oxygen atoms in total. The smallest absolute Gasteiger partial charge is 0.418 e. The Morgan fingerprint density at radius 3 is 2.12 bits per heavy atom. The zero-order chi connectivity index (χ0) is 35.8. The molecule has 48 heavy (non-hydrogen) atoms. The van der Waals surface area contributed by atoms with E-state index >= 15 is 0 Å². The second kappa shape index (κ2) is 16.6. The number of methoxy groups -OCH3 is 2. The number of amides is 1. The summed E-state index contributed by atoms with van der Waals surface area (Å²) in [5, 5.41) is 4.51. The molecule has 5 rings (SSSR count). The predicted molar refractivity (Wildman–Crippen MR) is 181 cm³/mol. The van der Waals surface area contributed by atoms with Gasteiger partial charge in [-0.15, -0.1) is 0 Å². The number of sulfonamides is 1. The van der Waals surface area contributed by atoms with Crippen LogP contribution in [0.25, 0.3) is 0 Å². The van der Waals surface area contributed by atoms with E-state index in [0.29, 0.717) is 34.2 Å². The van der Waals surface area contributed by atoms with Crippen molar-refractivity contribution in [1.82, 2.24) is 19.0 Å². The summed E-state index contributed by atoms with van der Waals surface area (Å²) in [6, 6.07) is 11.0. The van der Waals surface area contributed by atoms with Gasteiger partial charge in [0.15, 0.2) is 0 Å². The molecule has 266 valence electrons. The van der Waals surface area contributed by atoms with Crippen molar-refractivity contribution in [1.29, 1.82) is 0 Å². The highest BCUT2D eigenvalue weighted by atomic mass is 32.2. The number of nitrogens with zero attached hydrogens (tertiary/aromatic N) is 5. The molecule has 0 N–H and O–H groups in total. The summed E-state index contributed by atoms with van der Waals surface area (Å²) >= 11 is 0. The molecule has 1 saturated heterocycles. The third-order valence-electron chi connectivity index (χ3n) is 8.04. The third-order valence-corrected chi connectivity index (χ3v) is 9.35. The normalized spacial score (nSPS) is 15.1. The summed E-state index contributed by atoms with van der Waals surface area (Å²) in [5.74, 6) is 0.982. The Kier molecular flexibility index (Phi) is 13.3. The molecule has 2 aliphatic rings. The van der Waals surface area contributed by atoms with Crippen molar-refractivity contribution in [2.24, 2.45) is 7.05 Å². The number of alkyl halides is 3. The number of ether oxygens (including phenoxy) is 2. The van der Waals surface area contributed by atoms with Gasteiger partial charge in [-0.3, -0.25) is 9.48 Å². The van der Waals surface area contributed by atoms with Gasteiger partial charge >= 0.3 is 6.18 Å². The van der Waals surface area contributed by atoms with E-state index < -0.39 is 21.8 Å². The van der Waals surface area contributed by atoms with Gasteiger partial charge < -0.3 is 19.3 Å². The highest BCUT2D eigenvalue weighted by molar-refractivity contribution is 7.88. The van der Waals surface area contributed by atoms with Gasteiger partial charge in [0.2, 0.25) is 10.0 Å². The Hall–Kier alpha value is -3.78. The molecule has 3 aromatic rings. The van der Waals surface area contributed by atoms with Crippen molar-refractivity contribution >= 4 is 21.6 Å². The monoisotopic (exact) mass is 695 g/mol. The summed E-state index contributed by atoms with van der Waals surface area (Å²) in [5.41, 5.74) is 1.26. The van der Waals surface area contributed by atoms with E-state index in [4.69, 9.17) is 9.47 Å². The summed E-state index contributed by atoms with van der Waals surface area (Å²) < 4.78 is 80.6. The van der Waals surface area contributed by atoms with Crippen LogP contribution in [0.2, 0.25) is 0 Å². The number of halogens is 3. The molecule has 2 heterocycles. The molecule has 0 radical (unpaired) electrons. The van der Waals surface area contributed by atoms with Gasteiger partial charge in [-0.2, -0.15) is 22.6 Å². The Morgan fingerprint density at radius 1 is 0.938 bits per heavy atom. The Bertz CT molecular complexity index is 1630. The van der Waals surface area contributed by atoms with Crippen LogP contribution >= 0.6 is 0 Å². The van der Waals surface area contributed by atoms with Crippen LogP contribution in [0.15, 0.2) is 42.5 Å². The summed E-state index contributed by atoms with van der Waals surface area (Å²) in [7, 11) is 1.27. The average Bonchev–Trinajstić information content (AvgIpc) is 3.86. The van der Waals surface area contributed by atoms with Crippen molar-refractivity contribution in [3.05, 3.63) is 70.5 Å². The first-order valence-electron chi connectivity index (χ1n) is 16.2. The van der Waals surface area contributed by atoms with E-state index in [9.17, 15) is 26.4 Å². The molecule has 0 bridgehead atoms. The fourth-order valence-corrected chi connectivity index (χ4v) is 6.31. The number of carbonyl (C=O) groups is 1. The van der Waals surface area contributed by atoms with Crippen LogP contribution in [0, 0.1) is 0 Å². The number of rotatable bonds is 10. The summed E-state index contributed by atoms with van der Waals surface area (Å²) in [6.45, 7) is 8.40. The predicted octanol–water partition coefficient (Wildman–Crippen LogP) is 6.31. The summed E-state index contributed by atoms with van der Waals surface area (Å²) in [4.78, 5) is 17.0. The lowest BCUT2D eigenvalue weighted by Gasteiger charge is -2.36. The lowest BCUT2D eigenvalue weighted by molar-refractivity contribution is -0.137. The fraction of sp³-hybridized carbons (Fsp3) is 0.529. The first-order valence-corrected chi connectivity index (χ1v) is 18.1. The van der Waals surface area contributed by atoms with Crippen LogP contribution < -0.4 is 14.4 Å². The van der Waals surface area contributed by atoms with Gasteiger partial charge in [-0.25, -0.2) is 8.42 Å². The number of aryl methyl sites for hydroxylation is 1. The van der Waals surface area contributed by atoms with Crippen molar-refractivity contribution < 1.29 is 35.9 Å². The zero-order valence-electron chi connectivity index (χ0n) is 29.1. The largest absolute Gasteiger partial charge is 0.497 e. The minimum absolute atomic E-state index is 0.0233. The molecule has 14 heteroatoms. The SMILES string of the molecule is CC.CC.COc1ccc(CN(Cc2ccc(N3CCN(S(C)(=O)=O)CC3)c(C(F)(F)F)c2)C(=O)c2cc(C3CC3)nn2C)c(OC)c1. The van der Waals surface area contributed by atoms with Gasteiger partial charge in [0.1, 0.15) is 17.2 Å². The fourth-order valence-electron chi connectivity index (χ4n) is 5.48. The Labute approximate surface area is 282 Å². The zero-order valence-corrected chi connectivity index (χ0v) is 29.9. The second-order valence-corrected chi connectivity index (χ2v) is 13.2. The minimum Gasteiger partial charge on any atom is -0.497 e. The first-order chi connectivity index (χ1) is 22.8. The highest BCUT2D eigenvalue weighted by Crippen LogP contribution is 2.40. The molecule has 1 aromatic heterocycles. The number of aromatic nitrogens is 2. The molecule has 1 saturated carbocycles. The van der Waals surface area contributed by atoms with Gasteiger partial charge in [0, 0.05) is 63.0 Å². The standard InChI is InChI=1S/C30H36F3N5O5S.2C2H6/c1-35-27(17-25(34-35)21-6-7-21)29(39)37(19-22-8-9-23(42-2)16-28(22)43-3)18-20-5-10-26(24(15-20)30(31,32)33)36-11-13-38(14-12-36)44(4,40)41;2*1-2/h5,8-10,15-17,21H,6-7,11-14,18-19H2,1-4H3;2*1-2H3. The topological polar surface area (TPSA) is 97.2 Å². The molecule has 1 aliphatic heterocycles. The highest BCUT2D eigenvalue weighted by Gasteiger charge is 2.37. The van der Waals surface area contributed by atoms with Crippen molar-refractivity contribution in [2.45, 2.75) is 65.7 Å². The number of hydrogen-bond donors (Lipinski definition) is 0. The van der Waals surface area contributed by atoms with Gasteiger partial charge in [0.25, 0.3) is 5.91 Å². The number of hydrogen-bond acceptors (Lipinski definition) is 7. The number of piperazine rings is 1. The number of anilines is 1. The van der Waals surface area contributed by atoms with Gasteiger partial charge in [0.05, 0.1) is 38.3 Å². The molecule has 2 fully saturated rings. The maximum Gasteiger partial charge on any atom is 0.418 e. The van der Waals surface area contributed by atoms with Crippen LogP contribution in [-0.4, -0.2) is 80.0 Å². The van der Waals surface area contributed by atoms with E-state index in [1.54, 1.807) is 42.3 Å². The summed E-state index contributed by atoms with van der Waals surface area (Å²) in [6.07, 6.45) is -1.57. The lowest BCUT2D eigenvalue weighted by atomic mass is 10.0. The van der Waals surface area contributed by atoms with E-state index in [-0.39, 0.29) is 50.9 Å². The molecule has 0 unspecified atom stereocenters. The van der Waals surface area contributed by atoms with E-state index in [1.807, 2.05) is 27.7 Å². The molecule has 0 spiro atoms. The van der Waals surface area contributed by atoms with Crippen LogP contribution in [-0.2, 0) is 36.3 Å².